The largest absolute Gasteiger partial charge is 0.480 e. The number of carboxylic acid groups (broad SMARTS) is 1. The summed E-state index contributed by atoms with van der Waals surface area (Å²) in [5.41, 5.74) is 1.59. The lowest BCUT2D eigenvalue weighted by molar-refractivity contribution is -0.145. The third-order valence-electron chi connectivity index (χ3n) is 10.1. The number of halogens is 2. The number of esters is 1. The molecule has 0 aliphatic carbocycles. The molecule has 12 nitrogen and oxygen atoms in total. The van der Waals surface area contributed by atoms with E-state index in [9.17, 15) is 33.5 Å². The molecule has 0 spiro atoms. The minimum Gasteiger partial charge on any atom is -0.480 e. The molecule has 17 heteroatoms. The molecule has 2 aromatic carbocycles. The molecular formula is C46H68F2N4O8SSi2. The van der Waals surface area contributed by atoms with E-state index in [4.69, 9.17) is 9.47 Å². The van der Waals surface area contributed by atoms with Crippen LogP contribution in [0.5, 0.6) is 0 Å². The number of amides is 3. The molecular weight excluding hydrogens is 863 g/mol. The number of ether oxygens (including phenoxy) is 2. The predicted molar refractivity (Wildman–Crippen MR) is 251 cm³/mol. The number of carbonyl (C=O) groups excluding carboxylic acids is 4. The van der Waals surface area contributed by atoms with Crippen LogP contribution >= 0.6 is 11.8 Å². The summed E-state index contributed by atoms with van der Waals surface area (Å²) in [7, 11) is -2.82. The van der Waals surface area contributed by atoms with Gasteiger partial charge in [0, 0.05) is 77.4 Å². The molecule has 0 saturated carbocycles. The fraction of sp³-hybridized carbons (Fsp3) is 0.543. The molecule has 0 aliphatic rings. The average Bonchev–Trinajstić information content (AvgIpc) is 3.57. The molecule has 3 aromatic rings. The van der Waals surface area contributed by atoms with Gasteiger partial charge < -0.3 is 34.7 Å². The van der Waals surface area contributed by atoms with Gasteiger partial charge in [0.25, 0.3) is 0 Å². The first kappa shape index (κ1) is 52.9. The lowest BCUT2D eigenvalue weighted by Crippen LogP contribution is -2.44. The van der Waals surface area contributed by atoms with Crippen LogP contribution in [0.15, 0.2) is 60.8 Å². The van der Waals surface area contributed by atoms with Gasteiger partial charge in [0.2, 0.25) is 11.8 Å². The Morgan fingerprint density at radius 1 is 0.889 bits per heavy atom. The van der Waals surface area contributed by atoms with Crippen LogP contribution < -0.4 is 10.6 Å². The van der Waals surface area contributed by atoms with Gasteiger partial charge in [-0.2, -0.15) is 11.8 Å². The second-order valence-electron chi connectivity index (χ2n) is 19.3. The Morgan fingerprint density at radius 2 is 1.54 bits per heavy atom. The number of nitrogens with one attached hydrogen (secondary N) is 2. The van der Waals surface area contributed by atoms with Crippen LogP contribution in [0.2, 0.25) is 51.4 Å². The van der Waals surface area contributed by atoms with Crippen LogP contribution in [-0.4, -0.2) is 104 Å². The molecule has 3 N–H and O–H groups in total. The van der Waals surface area contributed by atoms with Crippen LogP contribution in [0.1, 0.15) is 63.8 Å². The van der Waals surface area contributed by atoms with Gasteiger partial charge in [-0.3, -0.25) is 14.4 Å². The zero-order valence-electron chi connectivity index (χ0n) is 38.5. The second kappa shape index (κ2) is 24.5. The van der Waals surface area contributed by atoms with Gasteiger partial charge in [-0.1, -0.05) is 90.4 Å². The lowest BCUT2D eigenvalue weighted by Gasteiger charge is -2.41. The zero-order chi connectivity index (χ0) is 47.0. The highest BCUT2D eigenvalue weighted by Gasteiger charge is 2.37. The number of hydrogen-bond donors (Lipinski definition) is 3. The Balaban J connectivity index is 1.83. The molecule has 2 atom stereocenters. The summed E-state index contributed by atoms with van der Waals surface area (Å²) in [4.78, 5) is 65.8. The lowest BCUT2D eigenvalue weighted by atomic mass is 9.83. The molecule has 348 valence electrons. The van der Waals surface area contributed by atoms with Crippen molar-refractivity contribution in [1.29, 1.82) is 0 Å². The van der Waals surface area contributed by atoms with E-state index in [0.29, 0.717) is 30.8 Å². The van der Waals surface area contributed by atoms with E-state index in [1.54, 1.807) is 17.2 Å². The molecule has 0 fully saturated rings. The van der Waals surface area contributed by atoms with Crippen molar-refractivity contribution in [2.24, 2.45) is 5.41 Å². The minimum atomic E-state index is -1.41. The minimum absolute atomic E-state index is 0.0254. The topological polar surface area (TPSA) is 156 Å². The quantitative estimate of drug-likeness (QED) is 0.0428. The number of alkyl carbamates (subject to hydrolysis) is 1. The van der Waals surface area contributed by atoms with Gasteiger partial charge in [0.15, 0.2) is 0 Å². The number of aromatic nitrogens is 1. The summed E-state index contributed by atoms with van der Waals surface area (Å²) < 4.78 is 42.4. The summed E-state index contributed by atoms with van der Waals surface area (Å²) in [6.45, 7) is 20.5. The molecule has 0 radical (unpaired) electrons. The van der Waals surface area contributed by atoms with Crippen LogP contribution in [0.3, 0.4) is 0 Å². The molecule has 63 heavy (non-hydrogen) atoms. The zero-order valence-corrected chi connectivity index (χ0v) is 41.3. The van der Waals surface area contributed by atoms with Crippen molar-refractivity contribution in [3.63, 3.8) is 0 Å². The third-order valence-corrected chi connectivity index (χ3v) is 14.5. The van der Waals surface area contributed by atoms with Crippen molar-refractivity contribution in [2.45, 2.75) is 116 Å². The normalized spacial score (nSPS) is 12.9. The highest BCUT2D eigenvalue weighted by Crippen LogP contribution is 2.41. The molecule has 0 saturated heterocycles. The summed E-state index contributed by atoms with van der Waals surface area (Å²) in [5, 5.41) is 15.0. The van der Waals surface area contributed by atoms with E-state index in [1.165, 1.54) is 11.8 Å². The fourth-order valence-corrected chi connectivity index (χ4v) is 8.93. The molecule has 3 amide bonds. The number of aliphatic carboxylic acids is 1. The highest BCUT2D eigenvalue weighted by atomic mass is 32.2. The van der Waals surface area contributed by atoms with E-state index >= 15 is 4.39 Å². The van der Waals surface area contributed by atoms with E-state index in [0.717, 1.165) is 35.9 Å². The number of nitrogens with zero attached hydrogens (tertiary/aromatic N) is 2. The first-order chi connectivity index (χ1) is 29.4. The Kier molecular flexibility index (Phi) is 20.6. The Morgan fingerprint density at radius 3 is 2.16 bits per heavy atom. The van der Waals surface area contributed by atoms with Gasteiger partial charge in [-0.25, -0.2) is 18.4 Å². The van der Waals surface area contributed by atoms with Crippen LogP contribution in [0, 0.1) is 17.0 Å². The average molecular weight is 931 g/mol. The van der Waals surface area contributed by atoms with Gasteiger partial charge in [0.05, 0.1) is 25.0 Å². The van der Waals surface area contributed by atoms with Crippen molar-refractivity contribution in [2.75, 3.05) is 37.8 Å². The maximum absolute atomic E-state index is 15.3. The van der Waals surface area contributed by atoms with Crippen LogP contribution in [0.25, 0.3) is 11.1 Å². The summed E-state index contributed by atoms with van der Waals surface area (Å²) in [6.07, 6.45) is 1.27. The molecule has 1 aromatic heterocycles. The van der Waals surface area contributed by atoms with Crippen molar-refractivity contribution in [1.82, 2.24) is 20.1 Å². The standard InChI is InChI=1S/C46H68F2N4O8SSi2/c1-46(2,3)43(39-28-34(36-29-35(47)16-17-37(36)48)31-51(39)30-33-14-11-10-12-15-33)52(22-13-21-49-45(58)60-24-27-63(7,8)9)41(54)32-61-25-20-40(53)50-38(44(56)57)18-19-42(55)59-23-26-62(4,5)6/h10-12,14-17,28-29,31,38,43H,13,18-27,30,32H2,1-9H3,(H,49,58)(H,50,53)(H,56,57). The van der Waals surface area contributed by atoms with E-state index in [-0.39, 0.29) is 61.9 Å². The Labute approximate surface area is 378 Å². The van der Waals surface area contributed by atoms with Gasteiger partial charge >= 0.3 is 18.0 Å². The first-order valence-corrected chi connectivity index (χ1v) is 30.2. The number of rotatable bonds is 25. The number of carbonyl (C=O) groups is 5. The van der Waals surface area contributed by atoms with Crippen molar-refractivity contribution >= 4 is 57.8 Å². The molecule has 3 rings (SSSR count). The Bertz CT molecular complexity index is 1980. The van der Waals surface area contributed by atoms with E-state index < -0.39 is 69.2 Å². The fourth-order valence-electron chi connectivity index (χ4n) is 6.69. The predicted octanol–water partition coefficient (Wildman–Crippen LogP) is 9.21. The van der Waals surface area contributed by atoms with E-state index in [2.05, 4.69) is 49.9 Å². The van der Waals surface area contributed by atoms with E-state index in [1.807, 2.05) is 55.7 Å². The molecule has 1 heterocycles. The van der Waals surface area contributed by atoms with Gasteiger partial charge in [0.1, 0.15) is 17.7 Å². The van der Waals surface area contributed by atoms with Crippen LogP contribution in [0.4, 0.5) is 13.6 Å². The van der Waals surface area contributed by atoms with Gasteiger partial charge in [-0.05, 0) is 60.2 Å². The molecule has 0 bridgehead atoms. The van der Waals surface area contributed by atoms with Crippen LogP contribution in [-0.2, 0) is 35.2 Å². The second-order valence-corrected chi connectivity index (χ2v) is 31.7. The van der Waals surface area contributed by atoms with Crippen molar-refractivity contribution in [3.8, 4) is 11.1 Å². The monoisotopic (exact) mass is 930 g/mol. The molecule has 2 unspecified atom stereocenters. The number of hydrogen-bond acceptors (Lipinski definition) is 8. The highest BCUT2D eigenvalue weighted by molar-refractivity contribution is 7.99. The van der Waals surface area contributed by atoms with Gasteiger partial charge in [-0.15, -0.1) is 0 Å². The van der Waals surface area contributed by atoms with Crippen molar-refractivity contribution in [3.05, 3.63) is 83.7 Å². The maximum Gasteiger partial charge on any atom is 0.407 e. The maximum atomic E-state index is 15.3. The smallest absolute Gasteiger partial charge is 0.407 e. The SMILES string of the molecule is CC(C)(C)C(c1cc(-c2cc(F)ccc2F)cn1Cc1ccccc1)N(CCCNC(=O)OCC[Si](C)(C)C)C(=O)CSCCC(=O)NC(CCC(=O)OCC[Si](C)(C)C)C(=O)O. The number of thioether (sulfide) groups is 1. The summed E-state index contributed by atoms with van der Waals surface area (Å²) in [5.74, 6) is -3.56. The number of benzene rings is 2. The Hall–Kier alpha value is -4.49. The van der Waals surface area contributed by atoms with Crippen molar-refractivity contribution < 1.29 is 47.3 Å². The first-order valence-electron chi connectivity index (χ1n) is 21.6. The summed E-state index contributed by atoms with van der Waals surface area (Å²) in [6, 6.07) is 14.5. The number of carboxylic acids is 1. The summed E-state index contributed by atoms with van der Waals surface area (Å²) >= 11 is 1.22. The third kappa shape index (κ3) is 19.4. The molecule has 0 aliphatic heterocycles.